The van der Waals surface area contributed by atoms with Gasteiger partial charge in [0.1, 0.15) is 10.7 Å². The van der Waals surface area contributed by atoms with E-state index in [0.717, 1.165) is 5.56 Å². The number of aromatic nitrogens is 1. The van der Waals surface area contributed by atoms with Gasteiger partial charge in [0.05, 0.1) is 0 Å². The first-order valence-corrected chi connectivity index (χ1v) is 12.4. The first kappa shape index (κ1) is 25.1. The molecule has 0 radical (unpaired) electrons. The Morgan fingerprint density at radius 1 is 1.17 bits per heavy atom. The van der Waals surface area contributed by atoms with Crippen LogP contribution in [0.3, 0.4) is 0 Å². The van der Waals surface area contributed by atoms with Crippen LogP contribution >= 0.6 is 11.6 Å². The van der Waals surface area contributed by atoms with Crippen molar-refractivity contribution in [3.63, 3.8) is 0 Å². The van der Waals surface area contributed by atoms with Crippen molar-refractivity contribution in [1.82, 2.24) is 25.0 Å². The van der Waals surface area contributed by atoms with E-state index < -0.39 is 5.54 Å². The molecule has 9 heteroatoms. The monoisotopic (exact) mass is 497 g/mol. The Morgan fingerprint density at radius 2 is 1.89 bits per heavy atom. The molecule has 2 saturated heterocycles. The number of likely N-dealkylation sites (N-methyl/N-ethyl adjacent to an activating group) is 1. The number of carbonyl (C=O) groups is 3. The molecule has 1 N–H and O–H groups in total. The number of imide groups is 1. The highest BCUT2D eigenvalue weighted by molar-refractivity contribution is 6.29. The lowest BCUT2D eigenvalue weighted by Gasteiger charge is -2.41. The highest BCUT2D eigenvalue weighted by atomic mass is 35.5. The number of halogens is 1. The number of nitrogens with zero attached hydrogens (tertiary/aromatic N) is 4. The standard InChI is InChI=1S/C26H32ClN5O3/c1-30(2)16-17-32-24(34)26(29-25(32)35,12-8-19-6-4-3-5-7-19)21-10-14-31(15-11-21)23(33)20-9-13-28-22(27)18-20/h3-7,9,13,18,21H,8,10-12,14-17H2,1-2H3,(H,29,35). The van der Waals surface area contributed by atoms with E-state index in [1.807, 2.05) is 49.3 Å². The molecule has 1 atom stereocenters. The Kier molecular flexibility index (Phi) is 7.72. The number of amides is 4. The van der Waals surface area contributed by atoms with Crippen molar-refractivity contribution < 1.29 is 14.4 Å². The van der Waals surface area contributed by atoms with Crippen LogP contribution in [0.2, 0.25) is 5.15 Å². The molecule has 3 heterocycles. The quantitative estimate of drug-likeness (QED) is 0.447. The number of piperidine rings is 1. The third-order valence-electron chi connectivity index (χ3n) is 7.08. The topological polar surface area (TPSA) is 85.8 Å². The summed E-state index contributed by atoms with van der Waals surface area (Å²) in [6.07, 6.45) is 4.00. The average Bonchev–Trinajstić information content (AvgIpc) is 3.11. The SMILES string of the molecule is CN(C)CCN1C(=O)NC(CCc2ccccc2)(C2CCN(C(=O)c3ccnc(Cl)c3)CC2)C1=O. The maximum Gasteiger partial charge on any atom is 0.325 e. The third-order valence-corrected chi connectivity index (χ3v) is 7.28. The van der Waals surface area contributed by atoms with Crippen molar-refractivity contribution in [2.45, 2.75) is 31.2 Å². The summed E-state index contributed by atoms with van der Waals surface area (Å²) >= 11 is 5.96. The largest absolute Gasteiger partial charge is 0.339 e. The Hall–Kier alpha value is -2.97. The lowest BCUT2D eigenvalue weighted by Crippen LogP contribution is -2.57. The summed E-state index contributed by atoms with van der Waals surface area (Å²) in [5, 5.41) is 3.38. The van der Waals surface area contributed by atoms with E-state index >= 15 is 0 Å². The number of benzene rings is 1. The molecule has 186 valence electrons. The van der Waals surface area contributed by atoms with Crippen LogP contribution in [0.1, 0.15) is 35.2 Å². The first-order chi connectivity index (χ1) is 16.8. The fraction of sp³-hybridized carbons (Fsp3) is 0.462. The van der Waals surface area contributed by atoms with Crippen LogP contribution in [-0.4, -0.2) is 83.3 Å². The molecule has 2 aliphatic heterocycles. The van der Waals surface area contributed by atoms with Gasteiger partial charge in [-0.1, -0.05) is 41.9 Å². The molecule has 1 aromatic heterocycles. The Balaban J connectivity index is 1.51. The summed E-state index contributed by atoms with van der Waals surface area (Å²) in [6, 6.07) is 12.9. The van der Waals surface area contributed by atoms with E-state index in [9.17, 15) is 14.4 Å². The summed E-state index contributed by atoms with van der Waals surface area (Å²) in [5.41, 5.74) is 0.666. The predicted octanol–water partition coefficient (Wildman–Crippen LogP) is 3.07. The van der Waals surface area contributed by atoms with Crippen molar-refractivity contribution in [3.8, 4) is 0 Å². The zero-order chi connectivity index (χ0) is 25.0. The van der Waals surface area contributed by atoms with E-state index in [2.05, 4.69) is 10.3 Å². The Bertz CT molecular complexity index is 1070. The van der Waals surface area contributed by atoms with Crippen LogP contribution in [0.15, 0.2) is 48.7 Å². The second-order valence-electron chi connectivity index (χ2n) is 9.58. The zero-order valence-corrected chi connectivity index (χ0v) is 21.0. The number of carbonyl (C=O) groups excluding carboxylic acids is 3. The van der Waals surface area contributed by atoms with Gasteiger partial charge in [-0.25, -0.2) is 9.78 Å². The minimum Gasteiger partial charge on any atom is -0.339 e. The van der Waals surface area contributed by atoms with Crippen LogP contribution in [0.25, 0.3) is 0 Å². The Labute approximate surface area is 211 Å². The van der Waals surface area contributed by atoms with Crippen molar-refractivity contribution in [2.75, 3.05) is 40.3 Å². The normalized spacial score (nSPS) is 21.0. The maximum atomic E-state index is 13.8. The number of likely N-dealkylation sites (tertiary alicyclic amines) is 1. The molecule has 2 aliphatic rings. The third kappa shape index (κ3) is 5.49. The van der Waals surface area contributed by atoms with Crippen molar-refractivity contribution in [2.24, 2.45) is 5.92 Å². The van der Waals surface area contributed by atoms with Gasteiger partial charge in [0.25, 0.3) is 11.8 Å². The summed E-state index contributed by atoms with van der Waals surface area (Å²) in [6.45, 7) is 1.98. The molecular formula is C26H32ClN5O3. The highest BCUT2D eigenvalue weighted by Gasteiger charge is 2.55. The Morgan fingerprint density at radius 3 is 2.54 bits per heavy atom. The van der Waals surface area contributed by atoms with Gasteiger partial charge in [0, 0.05) is 37.9 Å². The van der Waals surface area contributed by atoms with Crippen molar-refractivity contribution in [3.05, 3.63) is 64.9 Å². The van der Waals surface area contributed by atoms with Crippen molar-refractivity contribution in [1.29, 1.82) is 0 Å². The molecule has 0 spiro atoms. The summed E-state index contributed by atoms with van der Waals surface area (Å²) in [4.78, 5) is 48.7. The lowest BCUT2D eigenvalue weighted by molar-refractivity contribution is -0.134. The van der Waals surface area contributed by atoms with Gasteiger partial charge >= 0.3 is 6.03 Å². The molecule has 1 aromatic carbocycles. The minimum atomic E-state index is -0.964. The molecule has 2 aromatic rings. The zero-order valence-electron chi connectivity index (χ0n) is 20.2. The predicted molar refractivity (Wildman–Crippen MR) is 134 cm³/mol. The molecule has 2 fully saturated rings. The van der Waals surface area contributed by atoms with Crippen LogP contribution in [0.5, 0.6) is 0 Å². The maximum absolute atomic E-state index is 13.8. The fourth-order valence-electron chi connectivity index (χ4n) is 5.08. The molecule has 35 heavy (non-hydrogen) atoms. The van der Waals surface area contributed by atoms with Crippen LogP contribution in [0.4, 0.5) is 4.79 Å². The number of hydrogen-bond acceptors (Lipinski definition) is 5. The van der Waals surface area contributed by atoms with Crippen LogP contribution in [0, 0.1) is 5.92 Å². The van der Waals surface area contributed by atoms with Gasteiger partial charge in [0.2, 0.25) is 0 Å². The van der Waals surface area contributed by atoms with E-state index in [0.29, 0.717) is 57.4 Å². The van der Waals surface area contributed by atoms with Gasteiger partial charge in [0.15, 0.2) is 0 Å². The molecule has 8 nitrogen and oxygen atoms in total. The van der Waals surface area contributed by atoms with Gasteiger partial charge in [-0.2, -0.15) is 0 Å². The van der Waals surface area contributed by atoms with Gasteiger partial charge in [-0.05, 0) is 63.4 Å². The van der Waals surface area contributed by atoms with Gasteiger partial charge in [-0.3, -0.25) is 14.5 Å². The number of pyridine rings is 1. The molecule has 0 saturated carbocycles. The van der Waals surface area contributed by atoms with Gasteiger partial charge in [-0.15, -0.1) is 0 Å². The van der Waals surface area contributed by atoms with E-state index in [1.165, 1.54) is 11.1 Å². The molecular weight excluding hydrogens is 466 g/mol. The molecule has 4 amide bonds. The fourth-order valence-corrected chi connectivity index (χ4v) is 5.25. The van der Waals surface area contributed by atoms with E-state index in [-0.39, 0.29) is 28.9 Å². The second-order valence-corrected chi connectivity index (χ2v) is 9.97. The molecule has 0 bridgehead atoms. The van der Waals surface area contributed by atoms with Crippen LogP contribution in [-0.2, 0) is 11.2 Å². The number of nitrogens with one attached hydrogen (secondary N) is 1. The van der Waals surface area contributed by atoms with E-state index in [1.54, 1.807) is 17.0 Å². The summed E-state index contributed by atoms with van der Waals surface area (Å²) in [5.74, 6) is -0.302. The van der Waals surface area contributed by atoms with Crippen LogP contribution < -0.4 is 5.32 Å². The number of urea groups is 1. The second kappa shape index (κ2) is 10.7. The summed E-state index contributed by atoms with van der Waals surface area (Å²) in [7, 11) is 3.84. The lowest BCUT2D eigenvalue weighted by atomic mass is 9.74. The smallest absolute Gasteiger partial charge is 0.325 e. The number of aryl methyl sites for hydroxylation is 1. The molecule has 4 rings (SSSR count). The molecule has 1 unspecified atom stereocenters. The number of rotatable bonds is 8. The highest BCUT2D eigenvalue weighted by Crippen LogP contribution is 2.37. The first-order valence-electron chi connectivity index (χ1n) is 12.0. The molecule has 0 aliphatic carbocycles. The minimum absolute atomic E-state index is 0.0582. The number of hydrogen-bond donors (Lipinski definition) is 1. The average molecular weight is 498 g/mol. The van der Waals surface area contributed by atoms with Gasteiger partial charge < -0.3 is 15.1 Å². The van der Waals surface area contributed by atoms with E-state index in [4.69, 9.17) is 11.6 Å². The van der Waals surface area contributed by atoms with Crippen molar-refractivity contribution >= 4 is 29.4 Å². The summed E-state index contributed by atoms with van der Waals surface area (Å²) < 4.78 is 0.